The summed E-state index contributed by atoms with van der Waals surface area (Å²) in [4.78, 5) is 18.4. The number of nitrogens with zero attached hydrogens (tertiary/aromatic N) is 2. The Morgan fingerprint density at radius 3 is 2.07 bits per heavy atom. The number of aromatic nitrogens is 1. The Hall–Kier alpha value is -3.55. The molecule has 1 fully saturated rings. The molecule has 222 valence electrons. The van der Waals surface area contributed by atoms with E-state index in [4.69, 9.17) is 0 Å². The first-order chi connectivity index (χ1) is 18.8. The molecule has 0 radical (unpaired) electrons. The van der Waals surface area contributed by atoms with Crippen molar-refractivity contribution in [3.05, 3.63) is 83.4 Å². The molecule has 4 rings (SSSR count). The standard InChI is InChI=1S/C27H24F9N3O2/c1-24(2,17-8-11-22(37-14-17)26(31,32)33)38-20-13-21(15-4-3-5-19(12-15)41-27(34,35)36)39(23(20)40)18-9-6-16(7-10-18)25(28,29)30/h3,5-12,14-15,20-21,38H,4,13H2,1-2H3/t15?,20-,21-/m1/s1. The normalized spacial score (nSPS) is 22.2. The molecule has 0 bridgehead atoms. The second-order valence-corrected chi connectivity index (χ2v) is 10.2. The van der Waals surface area contributed by atoms with E-state index < -0.39 is 65.2 Å². The number of allylic oxidation sites excluding steroid dienone is 2. The van der Waals surface area contributed by atoms with Crippen molar-refractivity contribution in [2.75, 3.05) is 4.90 Å². The van der Waals surface area contributed by atoms with E-state index in [1.165, 1.54) is 23.1 Å². The first-order valence-corrected chi connectivity index (χ1v) is 12.3. The van der Waals surface area contributed by atoms with Crippen LogP contribution in [0.1, 0.15) is 43.5 Å². The number of amides is 1. The maximum atomic E-state index is 13.7. The predicted octanol–water partition coefficient (Wildman–Crippen LogP) is 7.11. The van der Waals surface area contributed by atoms with Gasteiger partial charge in [0, 0.05) is 29.4 Å². The van der Waals surface area contributed by atoms with E-state index in [0.717, 1.165) is 42.6 Å². The van der Waals surface area contributed by atoms with Crippen LogP contribution in [0.5, 0.6) is 0 Å². The van der Waals surface area contributed by atoms with Crippen LogP contribution in [0.2, 0.25) is 0 Å². The maximum Gasteiger partial charge on any atom is 0.573 e. The summed E-state index contributed by atoms with van der Waals surface area (Å²) in [5.74, 6) is -1.74. The number of halogens is 9. The molecule has 1 N–H and O–H groups in total. The number of pyridine rings is 1. The van der Waals surface area contributed by atoms with Gasteiger partial charge in [-0.1, -0.05) is 12.1 Å². The summed E-state index contributed by atoms with van der Waals surface area (Å²) in [5.41, 5.74) is -2.71. The number of ether oxygens (including phenoxy) is 1. The van der Waals surface area contributed by atoms with Crippen LogP contribution in [0, 0.1) is 5.92 Å². The van der Waals surface area contributed by atoms with Crippen molar-refractivity contribution in [3.8, 4) is 0 Å². The monoisotopic (exact) mass is 593 g/mol. The number of nitrogens with one attached hydrogen (secondary N) is 1. The SMILES string of the molecule is CC(C)(N[C@@H]1C[C@H](C2C=C(OC(F)(F)F)C=CC2)N(c2ccc(C(F)(F)F)cc2)C1=O)c1ccc(C(F)(F)F)nc1. The second-order valence-electron chi connectivity index (χ2n) is 10.2. The van der Waals surface area contributed by atoms with Gasteiger partial charge in [-0.2, -0.15) is 26.3 Å². The van der Waals surface area contributed by atoms with E-state index in [9.17, 15) is 44.3 Å². The van der Waals surface area contributed by atoms with Gasteiger partial charge < -0.3 is 9.64 Å². The molecule has 2 aliphatic rings. The molecule has 5 nitrogen and oxygen atoms in total. The Balaban J connectivity index is 1.65. The molecule has 1 saturated heterocycles. The Labute approximate surface area is 228 Å². The number of rotatable bonds is 6. The third-order valence-electron chi connectivity index (χ3n) is 6.92. The van der Waals surface area contributed by atoms with Crippen molar-refractivity contribution in [3.63, 3.8) is 0 Å². The fourth-order valence-corrected chi connectivity index (χ4v) is 4.99. The summed E-state index contributed by atoms with van der Waals surface area (Å²) in [6.07, 6.45) is -9.16. The molecule has 1 aromatic carbocycles. The number of benzene rings is 1. The van der Waals surface area contributed by atoms with Gasteiger partial charge in [0.25, 0.3) is 0 Å². The van der Waals surface area contributed by atoms with Crippen LogP contribution < -0.4 is 10.2 Å². The average molecular weight is 593 g/mol. The minimum Gasteiger partial charge on any atom is -0.406 e. The zero-order chi connectivity index (χ0) is 30.4. The molecule has 1 aliphatic heterocycles. The topological polar surface area (TPSA) is 54.5 Å². The number of hydrogen-bond acceptors (Lipinski definition) is 4. The minimum absolute atomic E-state index is 0.0334. The van der Waals surface area contributed by atoms with E-state index in [0.29, 0.717) is 5.56 Å². The fraction of sp³-hybridized carbons (Fsp3) is 0.407. The first-order valence-electron chi connectivity index (χ1n) is 12.3. The third-order valence-corrected chi connectivity index (χ3v) is 6.92. The summed E-state index contributed by atoms with van der Waals surface area (Å²) in [6.45, 7) is 3.22. The summed E-state index contributed by atoms with van der Waals surface area (Å²) in [5, 5.41) is 3.09. The van der Waals surface area contributed by atoms with Gasteiger partial charge in [-0.15, -0.1) is 13.2 Å². The predicted molar refractivity (Wildman–Crippen MR) is 129 cm³/mol. The van der Waals surface area contributed by atoms with E-state index in [1.54, 1.807) is 13.8 Å². The molecular formula is C27H24F9N3O2. The summed E-state index contributed by atoms with van der Waals surface area (Å²) in [7, 11) is 0. The molecule has 3 atom stereocenters. The number of anilines is 1. The number of hydrogen-bond donors (Lipinski definition) is 1. The van der Waals surface area contributed by atoms with E-state index >= 15 is 0 Å². The zero-order valence-electron chi connectivity index (χ0n) is 21.5. The van der Waals surface area contributed by atoms with Gasteiger partial charge in [-0.25, -0.2) is 0 Å². The van der Waals surface area contributed by atoms with Crippen molar-refractivity contribution in [2.45, 2.75) is 63.0 Å². The number of carbonyl (C=O) groups excluding carboxylic acids is 1. The molecule has 14 heteroatoms. The zero-order valence-corrected chi connectivity index (χ0v) is 21.5. The van der Waals surface area contributed by atoms with Gasteiger partial charge in [-0.3, -0.25) is 15.1 Å². The molecule has 1 unspecified atom stereocenters. The van der Waals surface area contributed by atoms with Gasteiger partial charge in [0.15, 0.2) is 0 Å². The first kappa shape index (κ1) is 30.4. The Morgan fingerprint density at radius 1 is 0.902 bits per heavy atom. The van der Waals surface area contributed by atoms with Crippen LogP contribution in [0.4, 0.5) is 45.2 Å². The van der Waals surface area contributed by atoms with Gasteiger partial charge in [0.05, 0.1) is 11.6 Å². The molecule has 0 saturated carbocycles. The van der Waals surface area contributed by atoms with Crippen LogP contribution in [0.25, 0.3) is 0 Å². The summed E-state index contributed by atoms with van der Waals surface area (Å²) < 4.78 is 121. The van der Waals surface area contributed by atoms with E-state index in [1.807, 2.05) is 0 Å². The van der Waals surface area contributed by atoms with Crippen LogP contribution in [-0.2, 0) is 27.4 Å². The molecule has 1 amide bonds. The van der Waals surface area contributed by atoms with Crippen LogP contribution in [-0.4, -0.2) is 29.3 Å². The van der Waals surface area contributed by atoms with Gasteiger partial charge in [-0.05, 0) is 74.7 Å². The lowest BCUT2D eigenvalue weighted by atomic mass is 9.88. The van der Waals surface area contributed by atoms with Gasteiger partial charge in [0.2, 0.25) is 5.91 Å². The molecule has 0 spiro atoms. The lowest BCUT2D eigenvalue weighted by molar-refractivity contribution is -0.303. The summed E-state index contributed by atoms with van der Waals surface area (Å²) >= 11 is 0. The number of carbonyl (C=O) groups is 1. The Kier molecular flexibility index (Phi) is 7.93. The Morgan fingerprint density at radius 2 is 1.54 bits per heavy atom. The van der Waals surface area contributed by atoms with Gasteiger partial charge >= 0.3 is 18.7 Å². The molecular weight excluding hydrogens is 569 g/mol. The lowest BCUT2D eigenvalue weighted by Crippen LogP contribution is -2.48. The third kappa shape index (κ3) is 7.03. The number of alkyl halides is 9. The van der Waals surface area contributed by atoms with Crippen LogP contribution >= 0.6 is 0 Å². The van der Waals surface area contributed by atoms with Crippen molar-refractivity contribution >= 4 is 11.6 Å². The highest BCUT2D eigenvalue weighted by atomic mass is 19.4. The van der Waals surface area contributed by atoms with E-state index in [2.05, 4.69) is 15.0 Å². The molecule has 1 aliphatic carbocycles. The Bertz CT molecular complexity index is 1310. The highest BCUT2D eigenvalue weighted by Gasteiger charge is 2.46. The van der Waals surface area contributed by atoms with Crippen LogP contribution in [0.3, 0.4) is 0 Å². The largest absolute Gasteiger partial charge is 0.573 e. The fourth-order valence-electron chi connectivity index (χ4n) is 4.99. The van der Waals surface area contributed by atoms with Crippen molar-refractivity contribution in [1.29, 1.82) is 0 Å². The lowest BCUT2D eigenvalue weighted by Gasteiger charge is -2.31. The smallest absolute Gasteiger partial charge is 0.406 e. The van der Waals surface area contributed by atoms with Crippen LogP contribution in [0.15, 0.2) is 66.6 Å². The summed E-state index contributed by atoms with van der Waals surface area (Å²) in [6, 6.07) is 4.06. The van der Waals surface area contributed by atoms with Crippen molar-refractivity contribution in [2.24, 2.45) is 5.92 Å². The van der Waals surface area contributed by atoms with Crippen molar-refractivity contribution < 1.29 is 49.0 Å². The molecule has 2 heterocycles. The van der Waals surface area contributed by atoms with Crippen molar-refractivity contribution in [1.82, 2.24) is 10.3 Å². The minimum atomic E-state index is -4.96. The van der Waals surface area contributed by atoms with Gasteiger partial charge in [0.1, 0.15) is 11.5 Å². The highest BCUT2D eigenvalue weighted by Crippen LogP contribution is 2.39. The average Bonchev–Trinajstić information content (AvgIpc) is 3.17. The molecule has 41 heavy (non-hydrogen) atoms. The molecule has 2 aromatic rings. The molecule has 1 aromatic heterocycles. The van der Waals surface area contributed by atoms with E-state index in [-0.39, 0.29) is 18.5 Å². The quantitative estimate of drug-likeness (QED) is 0.363. The highest BCUT2D eigenvalue weighted by molar-refractivity contribution is 6.00. The maximum absolute atomic E-state index is 13.7. The second kappa shape index (κ2) is 10.7.